The van der Waals surface area contributed by atoms with Gasteiger partial charge in [0, 0.05) is 19.6 Å². The minimum absolute atomic E-state index is 0.0782. The van der Waals surface area contributed by atoms with Crippen LogP contribution in [0, 0.1) is 0 Å². The maximum atomic E-state index is 11.4. The van der Waals surface area contributed by atoms with Gasteiger partial charge in [-0.2, -0.15) is 0 Å². The van der Waals surface area contributed by atoms with Crippen LogP contribution in [0.15, 0.2) is 0 Å². The molecule has 1 aliphatic rings. The van der Waals surface area contributed by atoms with Gasteiger partial charge in [0.2, 0.25) is 5.91 Å². The Bertz CT molecular complexity index is 221. The zero-order chi connectivity index (χ0) is 12.0. The van der Waals surface area contributed by atoms with Crippen molar-refractivity contribution >= 4 is 5.91 Å². The van der Waals surface area contributed by atoms with Crippen LogP contribution in [0.25, 0.3) is 0 Å². The van der Waals surface area contributed by atoms with Crippen molar-refractivity contribution in [1.82, 2.24) is 10.2 Å². The number of nitrogens with zero attached hydrogens (tertiary/aromatic N) is 1. The van der Waals surface area contributed by atoms with E-state index < -0.39 is 0 Å². The largest absolute Gasteiger partial charge is 0.374 e. The maximum absolute atomic E-state index is 11.4. The predicted octanol–water partition coefficient (Wildman–Crippen LogP) is -0.142. The summed E-state index contributed by atoms with van der Waals surface area (Å²) in [4.78, 5) is 13.6. The van der Waals surface area contributed by atoms with Crippen molar-refractivity contribution in [3.8, 4) is 0 Å². The zero-order valence-electron chi connectivity index (χ0n) is 10.4. The molecule has 1 unspecified atom stereocenters. The summed E-state index contributed by atoms with van der Waals surface area (Å²) in [6.07, 6.45) is 0.185. The Balaban J connectivity index is 2.11. The fourth-order valence-electron chi connectivity index (χ4n) is 1.51. The van der Waals surface area contributed by atoms with E-state index in [1.165, 1.54) is 0 Å². The molecule has 0 aliphatic carbocycles. The van der Waals surface area contributed by atoms with E-state index >= 15 is 0 Å². The Morgan fingerprint density at radius 3 is 3.00 bits per heavy atom. The number of morpholine rings is 1. The highest BCUT2D eigenvalue weighted by Gasteiger charge is 2.18. The molecule has 1 atom stereocenters. The first-order valence-electron chi connectivity index (χ1n) is 5.76. The van der Waals surface area contributed by atoms with Crippen LogP contribution >= 0.6 is 0 Å². The number of rotatable bonds is 5. The molecule has 0 saturated carbocycles. The maximum Gasteiger partial charge on any atom is 0.246 e. The molecule has 1 N–H and O–H groups in total. The molecule has 5 nitrogen and oxygen atoms in total. The Labute approximate surface area is 97.1 Å². The highest BCUT2D eigenvalue weighted by molar-refractivity contribution is 5.77. The highest BCUT2D eigenvalue weighted by Crippen LogP contribution is 2.01. The topological polar surface area (TPSA) is 50.8 Å². The molecule has 1 rings (SSSR count). The van der Waals surface area contributed by atoms with Gasteiger partial charge in [-0.3, -0.25) is 4.79 Å². The summed E-state index contributed by atoms with van der Waals surface area (Å²) in [7, 11) is 2.05. The van der Waals surface area contributed by atoms with Crippen LogP contribution in [-0.4, -0.2) is 62.9 Å². The molecule has 1 amide bonds. The van der Waals surface area contributed by atoms with Gasteiger partial charge in [-0.1, -0.05) is 0 Å². The molecule has 0 aromatic heterocycles. The van der Waals surface area contributed by atoms with Crippen LogP contribution in [0.5, 0.6) is 0 Å². The monoisotopic (exact) mass is 230 g/mol. The first-order valence-corrected chi connectivity index (χ1v) is 5.76. The summed E-state index contributed by atoms with van der Waals surface area (Å²) in [6, 6.07) is 0. The smallest absolute Gasteiger partial charge is 0.246 e. The summed E-state index contributed by atoms with van der Waals surface area (Å²) >= 11 is 0. The van der Waals surface area contributed by atoms with Crippen LogP contribution in [0.2, 0.25) is 0 Å². The third kappa shape index (κ3) is 5.44. The zero-order valence-corrected chi connectivity index (χ0v) is 10.4. The van der Waals surface area contributed by atoms with Crippen LogP contribution in [0.4, 0.5) is 0 Å². The summed E-state index contributed by atoms with van der Waals surface area (Å²) < 4.78 is 10.7. The van der Waals surface area contributed by atoms with Crippen LogP contribution in [-0.2, 0) is 14.3 Å². The Morgan fingerprint density at radius 2 is 2.38 bits per heavy atom. The van der Waals surface area contributed by atoms with Crippen LogP contribution < -0.4 is 5.32 Å². The van der Waals surface area contributed by atoms with E-state index in [2.05, 4.69) is 17.3 Å². The van der Waals surface area contributed by atoms with Gasteiger partial charge < -0.3 is 19.7 Å². The standard InChI is InChI=1S/C11H22N2O3/c1-9(2)16-8-11(14)12-6-10-7-13(3)4-5-15-10/h9-10H,4-8H2,1-3H3,(H,12,14). The van der Waals surface area contributed by atoms with Crippen molar-refractivity contribution < 1.29 is 14.3 Å². The van der Waals surface area contributed by atoms with E-state index in [0.29, 0.717) is 6.54 Å². The number of nitrogens with one attached hydrogen (secondary N) is 1. The minimum atomic E-state index is -0.0782. The lowest BCUT2D eigenvalue weighted by Gasteiger charge is -2.30. The first-order chi connectivity index (χ1) is 7.58. The lowest BCUT2D eigenvalue weighted by Crippen LogP contribution is -2.46. The summed E-state index contributed by atoms with van der Waals surface area (Å²) in [5.41, 5.74) is 0. The first kappa shape index (κ1) is 13.4. The van der Waals surface area contributed by atoms with Crippen LogP contribution in [0.3, 0.4) is 0 Å². The van der Waals surface area contributed by atoms with Gasteiger partial charge in [-0.15, -0.1) is 0 Å². The number of likely N-dealkylation sites (N-methyl/N-ethyl adjacent to an activating group) is 1. The molecule has 0 spiro atoms. The molecule has 1 heterocycles. The molecule has 1 saturated heterocycles. The molecule has 94 valence electrons. The van der Waals surface area contributed by atoms with Gasteiger partial charge in [0.05, 0.1) is 18.8 Å². The van der Waals surface area contributed by atoms with Crippen molar-refractivity contribution in [2.75, 3.05) is 39.9 Å². The number of hydrogen-bond donors (Lipinski definition) is 1. The van der Waals surface area contributed by atoms with Crippen LogP contribution in [0.1, 0.15) is 13.8 Å². The third-order valence-corrected chi connectivity index (χ3v) is 2.42. The second-order valence-corrected chi connectivity index (χ2v) is 4.42. The van der Waals surface area contributed by atoms with E-state index in [0.717, 1.165) is 19.7 Å². The third-order valence-electron chi connectivity index (χ3n) is 2.42. The predicted molar refractivity (Wildman–Crippen MR) is 61.3 cm³/mol. The number of carbonyl (C=O) groups excluding carboxylic acids is 1. The number of amides is 1. The molecule has 1 fully saturated rings. The normalized spacial score (nSPS) is 22.4. The molecule has 0 radical (unpaired) electrons. The van der Waals surface area contributed by atoms with E-state index in [1.54, 1.807) is 0 Å². The number of hydrogen-bond acceptors (Lipinski definition) is 4. The molecular formula is C11H22N2O3. The van der Waals surface area contributed by atoms with Crippen molar-refractivity contribution in [3.63, 3.8) is 0 Å². The molecular weight excluding hydrogens is 208 g/mol. The quantitative estimate of drug-likeness (QED) is 0.714. The second kappa shape index (κ2) is 6.83. The average Bonchev–Trinajstić information content (AvgIpc) is 2.23. The molecule has 0 bridgehead atoms. The van der Waals surface area contributed by atoms with Crippen molar-refractivity contribution in [3.05, 3.63) is 0 Å². The van der Waals surface area contributed by atoms with Crippen molar-refractivity contribution in [1.29, 1.82) is 0 Å². The van der Waals surface area contributed by atoms with Gasteiger partial charge in [-0.25, -0.2) is 0 Å². The Kier molecular flexibility index (Phi) is 5.73. The summed E-state index contributed by atoms with van der Waals surface area (Å²) in [6.45, 7) is 7.07. The fourth-order valence-corrected chi connectivity index (χ4v) is 1.51. The minimum Gasteiger partial charge on any atom is -0.374 e. The molecule has 0 aromatic carbocycles. The molecule has 0 aromatic rings. The van der Waals surface area contributed by atoms with Gasteiger partial charge in [0.1, 0.15) is 6.61 Å². The fraction of sp³-hybridized carbons (Fsp3) is 0.909. The van der Waals surface area contributed by atoms with E-state index in [4.69, 9.17) is 9.47 Å². The van der Waals surface area contributed by atoms with Gasteiger partial charge in [-0.05, 0) is 20.9 Å². The van der Waals surface area contributed by atoms with E-state index in [9.17, 15) is 4.79 Å². The van der Waals surface area contributed by atoms with E-state index in [1.807, 2.05) is 13.8 Å². The molecule has 16 heavy (non-hydrogen) atoms. The average molecular weight is 230 g/mol. The molecule has 1 aliphatic heterocycles. The Hall–Kier alpha value is -0.650. The van der Waals surface area contributed by atoms with Gasteiger partial charge in [0.15, 0.2) is 0 Å². The van der Waals surface area contributed by atoms with E-state index in [-0.39, 0.29) is 24.7 Å². The lowest BCUT2D eigenvalue weighted by atomic mass is 10.3. The lowest BCUT2D eigenvalue weighted by molar-refractivity contribution is -0.128. The van der Waals surface area contributed by atoms with Crippen molar-refractivity contribution in [2.24, 2.45) is 0 Å². The highest BCUT2D eigenvalue weighted by atomic mass is 16.5. The second-order valence-electron chi connectivity index (χ2n) is 4.42. The van der Waals surface area contributed by atoms with Gasteiger partial charge in [0.25, 0.3) is 0 Å². The summed E-state index contributed by atoms with van der Waals surface area (Å²) in [5, 5.41) is 2.81. The molecule has 5 heteroatoms. The number of ether oxygens (including phenoxy) is 2. The van der Waals surface area contributed by atoms with Crippen molar-refractivity contribution in [2.45, 2.75) is 26.1 Å². The summed E-state index contributed by atoms with van der Waals surface area (Å²) in [5.74, 6) is -0.0782. The number of carbonyl (C=O) groups is 1. The SMILES string of the molecule is CC(C)OCC(=O)NCC1CN(C)CCO1. The Morgan fingerprint density at radius 1 is 1.62 bits per heavy atom. The van der Waals surface area contributed by atoms with Gasteiger partial charge >= 0.3 is 0 Å².